The number of hydrogen-bond donors (Lipinski definition) is 2. The van der Waals surface area contributed by atoms with Crippen LogP contribution in [0.3, 0.4) is 0 Å². The van der Waals surface area contributed by atoms with Crippen LogP contribution in [0.15, 0.2) is 64.8 Å². The number of rotatable bonds is 7. The molecule has 0 aliphatic heterocycles. The maximum atomic E-state index is 13.1. The van der Waals surface area contributed by atoms with Gasteiger partial charge in [0.1, 0.15) is 11.2 Å². The summed E-state index contributed by atoms with van der Waals surface area (Å²) in [6.45, 7) is 1.68. The van der Waals surface area contributed by atoms with Crippen molar-refractivity contribution in [1.29, 1.82) is 0 Å². The van der Waals surface area contributed by atoms with Crippen molar-refractivity contribution in [2.75, 3.05) is 7.05 Å². The van der Waals surface area contributed by atoms with Gasteiger partial charge in [-0.15, -0.1) is 0 Å². The zero-order chi connectivity index (χ0) is 26.0. The van der Waals surface area contributed by atoms with Crippen molar-refractivity contribution in [3.63, 3.8) is 0 Å². The normalized spacial score (nSPS) is 12.2. The summed E-state index contributed by atoms with van der Waals surface area (Å²) in [7, 11) is -2.43. The van der Waals surface area contributed by atoms with Crippen LogP contribution in [0.4, 0.5) is 0 Å². The highest BCUT2D eigenvalue weighted by molar-refractivity contribution is 7.91. The first kappa shape index (κ1) is 25.8. The van der Waals surface area contributed by atoms with E-state index < -0.39 is 21.8 Å². The standard InChI is InChI=1S/C22H18Cl2N6O4S2/c1-12(19-27-11-28-30(19)22-26-10-18(35-22)21(32)25-2)29-20(31)13-7-15(24)9-17(8-13)36(33,34)16-5-3-14(23)4-6-16/h3-12H,1-2H3,(H,25,32)(H,29,31)/t12-/m0/s1. The Labute approximate surface area is 220 Å². The van der Waals surface area contributed by atoms with Crippen LogP contribution >= 0.6 is 34.5 Å². The van der Waals surface area contributed by atoms with Crippen LogP contribution in [0.1, 0.15) is 38.8 Å². The Morgan fingerprint density at radius 2 is 1.72 bits per heavy atom. The van der Waals surface area contributed by atoms with Gasteiger partial charge in [0.05, 0.1) is 22.0 Å². The van der Waals surface area contributed by atoms with Crippen molar-refractivity contribution in [3.05, 3.63) is 81.3 Å². The number of aromatic nitrogens is 4. The van der Waals surface area contributed by atoms with E-state index in [0.29, 0.717) is 20.9 Å². The smallest absolute Gasteiger partial charge is 0.262 e. The number of benzene rings is 2. The molecular weight excluding hydrogens is 547 g/mol. The lowest BCUT2D eigenvalue weighted by molar-refractivity contribution is 0.0935. The molecule has 0 aliphatic rings. The molecule has 2 heterocycles. The molecule has 0 bridgehead atoms. The summed E-state index contributed by atoms with van der Waals surface area (Å²) in [6, 6.07) is 8.92. The number of hydrogen-bond acceptors (Lipinski definition) is 8. The van der Waals surface area contributed by atoms with Crippen LogP contribution in [0.25, 0.3) is 5.13 Å². The Kier molecular flexibility index (Phi) is 7.41. The second-order valence-corrected chi connectivity index (χ2v) is 11.3. The van der Waals surface area contributed by atoms with Crippen molar-refractivity contribution in [2.24, 2.45) is 0 Å². The van der Waals surface area contributed by atoms with Crippen LogP contribution in [0.5, 0.6) is 0 Å². The maximum absolute atomic E-state index is 13.1. The molecule has 0 saturated carbocycles. The fourth-order valence-electron chi connectivity index (χ4n) is 3.23. The number of nitrogens with one attached hydrogen (secondary N) is 2. The third-order valence-electron chi connectivity index (χ3n) is 5.00. The minimum absolute atomic E-state index is 0.0153. The number of carbonyl (C=O) groups is 2. The van der Waals surface area contributed by atoms with Crippen molar-refractivity contribution in [1.82, 2.24) is 30.4 Å². The molecule has 0 aliphatic carbocycles. The van der Waals surface area contributed by atoms with Crippen LogP contribution in [-0.4, -0.2) is 47.0 Å². The van der Waals surface area contributed by atoms with Crippen LogP contribution in [-0.2, 0) is 9.84 Å². The summed E-state index contributed by atoms with van der Waals surface area (Å²) in [5.74, 6) is -0.499. The van der Waals surface area contributed by atoms with Gasteiger partial charge in [0.15, 0.2) is 5.82 Å². The van der Waals surface area contributed by atoms with E-state index in [2.05, 4.69) is 25.7 Å². The van der Waals surface area contributed by atoms with Gasteiger partial charge in [-0.3, -0.25) is 9.59 Å². The molecule has 10 nitrogen and oxygen atoms in total. The predicted molar refractivity (Wildman–Crippen MR) is 135 cm³/mol. The molecule has 0 fully saturated rings. The summed E-state index contributed by atoms with van der Waals surface area (Å²) < 4.78 is 27.5. The predicted octanol–water partition coefficient (Wildman–Crippen LogP) is 3.71. The molecule has 4 rings (SSSR count). The lowest BCUT2D eigenvalue weighted by Crippen LogP contribution is -2.29. The average Bonchev–Trinajstić information content (AvgIpc) is 3.53. The molecule has 36 heavy (non-hydrogen) atoms. The fraction of sp³-hybridized carbons (Fsp3) is 0.136. The Balaban J connectivity index is 1.58. The van der Waals surface area contributed by atoms with Gasteiger partial charge in [0.2, 0.25) is 15.0 Å². The van der Waals surface area contributed by atoms with E-state index in [1.165, 1.54) is 66.7 Å². The Morgan fingerprint density at radius 1 is 1.00 bits per heavy atom. The van der Waals surface area contributed by atoms with E-state index in [4.69, 9.17) is 23.2 Å². The maximum Gasteiger partial charge on any atom is 0.262 e. The average molecular weight is 565 g/mol. The highest BCUT2D eigenvalue weighted by Gasteiger charge is 2.23. The van der Waals surface area contributed by atoms with Crippen molar-refractivity contribution >= 4 is 56.2 Å². The topological polar surface area (TPSA) is 136 Å². The molecule has 2 N–H and O–H groups in total. The number of amides is 2. The summed E-state index contributed by atoms with van der Waals surface area (Å²) in [5.41, 5.74) is 0.0455. The first-order valence-corrected chi connectivity index (χ1v) is 13.4. The number of sulfone groups is 1. The van der Waals surface area contributed by atoms with E-state index in [9.17, 15) is 18.0 Å². The highest BCUT2D eigenvalue weighted by Crippen LogP contribution is 2.27. The monoisotopic (exact) mass is 564 g/mol. The molecule has 0 unspecified atom stereocenters. The second kappa shape index (κ2) is 10.3. The molecule has 14 heteroatoms. The third kappa shape index (κ3) is 5.26. The molecular formula is C22H18Cl2N6O4S2. The van der Waals surface area contributed by atoms with Gasteiger partial charge in [0.25, 0.3) is 11.8 Å². The van der Waals surface area contributed by atoms with E-state index >= 15 is 0 Å². The van der Waals surface area contributed by atoms with E-state index in [0.717, 1.165) is 11.3 Å². The van der Waals surface area contributed by atoms with Crippen molar-refractivity contribution in [2.45, 2.75) is 22.8 Å². The quantitative estimate of drug-likeness (QED) is 0.349. The lowest BCUT2D eigenvalue weighted by Gasteiger charge is -2.14. The van der Waals surface area contributed by atoms with Crippen LogP contribution in [0.2, 0.25) is 10.0 Å². The summed E-state index contributed by atoms with van der Waals surface area (Å²) >= 11 is 13.1. The fourth-order valence-corrected chi connectivity index (χ4v) is 5.81. The van der Waals surface area contributed by atoms with E-state index in [1.54, 1.807) is 6.92 Å². The largest absolute Gasteiger partial charge is 0.354 e. The van der Waals surface area contributed by atoms with Gasteiger partial charge < -0.3 is 10.6 Å². The van der Waals surface area contributed by atoms with Crippen LogP contribution in [0, 0.1) is 0 Å². The van der Waals surface area contributed by atoms with Gasteiger partial charge >= 0.3 is 0 Å². The Bertz CT molecular complexity index is 1550. The third-order valence-corrected chi connectivity index (χ3v) is 8.19. The molecule has 0 radical (unpaired) electrons. The van der Waals surface area contributed by atoms with Gasteiger partial charge in [0, 0.05) is 22.7 Å². The van der Waals surface area contributed by atoms with Crippen LogP contribution < -0.4 is 10.6 Å². The Hall–Kier alpha value is -3.32. The molecule has 0 saturated heterocycles. The Morgan fingerprint density at radius 3 is 2.42 bits per heavy atom. The summed E-state index contributed by atoms with van der Waals surface area (Å²) in [4.78, 5) is 33.6. The zero-order valence-electron chi connectivity index (χ0n) is 18.8. The summed E-state index contributed by atoms with van der Waals surface area (Å²) in [6.07, 6.45) is 2.72. The molecule has 0 spiro atoms. The van der Waals surface area contributed by atoms with Gasteiger partial charge in [-0.2, -0.15) is 9.78 Å². The summed E-state index contributed by atoms with van der Waals surface area (Å²) in [5, 5.41) is 10.3. The first-order valence-electron chi connectivity index (χ1n) is 10.3. The number of halogens is 2. The number of carbonyl (C=O) groups excluding carboxylic acids is 2. The minimum atomic E-state index is -3.94. The van der Waals surface area contributed by atoms with E-state index in [1.807, 2.05) is 0 Å². The zero-order valence-corrected chi connectivity index (χ0v) is 21.9. The first-order chi connectivity index (χ1) is 17.1. The number of nitrogens with zero attached hydrogens (tertiary/aromatic N) is 4. The number of thiazole rings is 1. The van der Waals surface area contributed by atoms with Gasteiger partial charge in [-0.1, -0.05) is 34.5 Å². The van der Waals surface area contributed by atoms with Crippen molar-refractivity contribution < 1.29 is 18.0 Å². The van der Waals surface area contributed by atoms with E-state index in [-0.39, 0.29) is 26.3 Å². The molecule has 2 aromatic carbocycles. The van der Waals surface area contributed by atoms with Crippen molar-refractivity contribution in [3.8, 4) is 5.13 Å². The lowest BCUT2D eigenvalue weighted by atomic mass is 10.2. The van der Waals surface area contributed by atoms with Gasteiger partial charge in [-0.25, -0.2) is 18.4 Å². The molecule has 186 valence electrons. The molecule has 2 amide bonds. The highest BCUT2D eigenvalue weighted by atomic mass is 35.5. The second-order valence-electron chi connectivity index (χ2n) is 7.44. The molecule has 1 atom stereocenters. The SMILES string of the molecule is CNC(=O)c1cnc(-n2ncnc2[C@H](C)NC(=O)c2cc(Cl)cc(S(=O)(=O)c3ccc(Cl)cc3)c2)s1. The van der Waals surface area contributed by atoms with Gasteiger partial charge in [-0.05, 0) is 49.4 Å². The molecule has 2 aromatic heterocycles. The molecule has 4 aromatic rings. The minimum Gasteiger partial charge on any atom is -0.354 e.